The van der Waals surface area contributed by atoms with Gasteiger partial charge in [-0.2, -0.15) is 22.0 Å². The SMILES string of the molecule is CN1CCN(C(=O)C(F)(F)C(F)(F)F)CC1=O. The van der Waals surface area contributed by atoms with Crippen molar-refractivity contribution >= 4 is 11.8 Å². The van der Waals surface area contributed by atoms with E-state index in [-0.39, 0.29) is 18.0 Å². The smallest absolute Gasteiger partial charge is 0.342 e. The molecule has 1 saturated heterocycles. The number of hydrogen-bond acceptors (Lipinski definition) is 2. The summed E-state index contributed by atoms with van der Waals surface area (Å²) in [4.78, 5) is 23.5. The molecule has 0 saturated carbocycles. The maximum atomic E-state index is 12.7. The Kier molecular flexibility index (Phi) is 3.30. The van der Waals surface area contributed by atoms with E-state index in [1.165, 1.54) is 7.05 Å². The van der Waals surface area contributed by atoms with Crippen molar-refractivity contribution in [3.8, 4) is 0 Å². The van der Waals surface area contributed by atoms with E-state index < -0.39 is 30.5 Å². The maximum Gasteiger partial charge on any atom is 0.463 e. The van der Waals surface area contributed by atoms with E-state index in [2.05, 4.69) is 0 Å². The van der Waals surface area contributed by atoms with Crippen LogP contribution in [0.5, 0.6) is 0 Å². The van der Waals surface area contributed by atoms with Crippen LogP contribution < -0.4 is 0 Å². The van der Waals surface area contributed by atoms with Gasteiger partial charge in [0, 0.05) is 20.1 Å². The van der Waals surface area contributed by atoms with Crippen LogP contribution >= 0.6 is 0 Å². The molecular formula is C8H9F5N2O2. The number of carbonyl (C=O) groups excluding carboxylic acids is 2. The minimum atomic E-state index is -5.95. The van der Waals surface area contributed by atoms with Gasteiger partial charge in [0.25, 0.3) is 0 Å². The Labute approximate surface area is 93.0 Å². The highest BCUT2D eigenvalue weighted by atomic mass is 19.4. The number of piperazine rings is 1. The van der Waals surface area contributed by atoms with Crippen LogP contribution in [0.1, 0.15) is 0 Å². The number of likely N-dealkylation sites (N-methyl/N-ethyl adjacent to an activating group) is 1. The number of hydrogen-bond donors (Lipinski definition) is 0. The van der Waals surface area contributed by atoms with Crippen molar-refractivity contribution in [1.29, 1.82) is 0 Å². The summed E-state index contributed by atoms with van der Waals surface area (Å²) in [6.45, 7) is -1.17. The molecular weight excluding hydrogens is 251 g/mol. The third kappa shape index (κ3) is 2.47. The van der Waals surface area contributed by atoms with E-state index in [0.29, 0.717) is 0 Å². The standard InChI is InChI=1S/C8H9F5N2O2/c1-14-2-3-15(4-5(14)16)6(17)7(9,10)8(11,12)13/h2-4H2,1H3. The molecule has 4 nitrogen and oxygen atoms in total. The van der Waals surface area contributed by atoms with E-state index in [0.717, 1.165) is 4.90 Å². The lowest BCUT2D eigenvalue weighted by Crippen LogP contribution is -2.58. The minimum absolute atomic E-state index is 0.0709. The van der Waals surface area contributed by atoms with Crippen molar-refractivity contribution in [2.45, 2.75) is 12.1 Å². The summed E-state index contributed by atoms with van der Waals surface area (Å²) in [5, 5.41) is 0. The first-order valence-corrected chi connectivity index (χ1v) is 4.55. The summed E-state index contributed by atoms with van der Waals surface area (Å²) in [6, 6.07) is 0. The second kappa shape index (κ2) is 4.11. The predicted molar refractivity (Wildman–Crippen MR) is 45.2 cm³/mol. The van der Waals surface area contributed by atoms with Gasteiger partial charge in [0.1, 0.15) is 0 Å². The van der Waals surface area contributed by atoms with Crippen LogP contribution in [0.25, 0.3) is 0 Å². The van der Waals surface area contributed by atoms with Gasteiger partial charge in [-0.25, -0.2) is 0 Å². The van der Waals surface area contributed by atoms with E-state index >= 15 is 0 Å². The van der Waals surface area contributed by atoms with Crippen LogP contribution in [0, 0.1) is 0 Å². The molecule has 0 aromatic heterocycles. The fourth-order valence-electron chi connectivity index (χ4n) is 1.25. The molecule has 9 heteroatoms. The van der Waals surface area contributed by atoms with Crippen molar-refractivity contribution in [3.63, 3.8) is 0 Å². The number of carbonyl (C=O) groups is 2. The molecule has 0 aromatic carbocycles. The summed E-state index contributed by atoms with van der Waals surface area (Å²) in [5.74, 6) is -8.52. The highest BCUT2D eigenvalue weighted by molar-refractivity contribution is 5.89. The van der Waals surface area contributed by atoms with Crippen LogP contribution in [-0.2, 0) is 9.59 Å². The van der Waals surface area contributed by atoms with Crippen molar-refractivity contribution in [2.24, 2.45) is 0 Å². The van der Waals surface area contributed by atoms with Gasteiger partial charge in [-0.05, 0) is 0 Å². The molecule has 0 radical (unpaired) electrons. The summed E-state index contributed by atoms with van der Waals surface area (Å²) >= 11 is 0. The summed E-state index contributed by atoms with van der Waals surface area (Å²) in [6.07, 6.45) is -5.95. The van der Waals surface area contributed by atoms with Gasteiger partial charge in [0.2, 0.25) is 5.91 Å². The van der Waals surface area contributed by atoms with Gasteiger partial charge < -0.3 is 9.80 Å². The molecule has 0 atom stereocenters. The number of halogens is 5. The summed E-state index contributed by atoms with van der Waals surface area (Å²) in [5.41, 5.74) is 0. The van der Waals surface area contributed by atoms with Crippen molar-refractivity contribution in [3.05, 3.63) is 0 Å². The Balaban J connectivity index is 2.81. The number of alkyl halides is 5. The Morgan fingerprint density at radius 2 is 1.71 bits per heavy atom. The van der Waals surface area contributed by atoms with E-state index in [4.69, 9.17) is 0 Å². The van der Waals surface area contributed by atoms with E-state index in [9.17, 15) is 31.5 Å². The molecule has 0 bridgehead atoms. The Morgan fingerprint density at radius 3 is 2.12 bits per heavy atom. The first-order valence-electron chi connectivity index (χ1n) is 4.55. The van der Waals surface area contributed by atoms with Crippen LogP contribution in [0.3, 0.4) is 0 Å². The van der Waals surface area contributed by atoms with Gasteiger partial charge in [-0.3, -0.25) is 9.59 Å². The fraction of sp³-hybridized carbons (Fsp3) is 0.750. The van der Waals surface area contributed by atoms with E-state index in [1.54, 1.807) is 0 Å². The number of nitrogens with zero attached hydrogens (tertiary/aromatic N) is 2. The molecule has 1 aliphatic rings. The van der Waals surface area contributed by atoms with Crippen LogP contribution in [0.2, 0.25) is 0 Å². The molecule has 2 amide bonds. The lowest BCUT2D eigenvalue weighted by molar-refractivity contribution is -0.274. The molecule has 1 rings (SSSR count). The zero-order valence-electron chi connectivity index (χ0n) is 8.72. The largest absolute Gasteiger partial charge is 0.463 e. The van der Waals surface area contributed by atoms with Crippen LogP contribution in [0.4, 0.5) is 22.0 Å². The highest BCUT2D eigenvalue weighted by Crippen LogP contribution is 2.37. The Hall–Kier alpha value is -1.41. The van der Waals surface area contributed by atoms with Crippen LogP contribution in [-0.4, -0.2) is 60.4 Å². The van der Waals surface area contributed by atoms with Crippen molar-refractivity contribution in [1.82, 2.24) is 9.80 Å². The molecule has 0 aliphatic carbocycles. The molecule has 98 valence electrons. The Bertz CT molecular complexity index is 341. The van der Waals surface area contributed by atoms with Crippen molar-refractivity contribution < 1.29 is 31.5 Å². The lowest BCUT2D eigenvalue weighted by atomic mass is 10.2. The average Bonchev–Trinajstić information content (AvgIpc) is 2.19. The molecule has 1 aliphatic heterocycles. The second-order valence-electron chi connectivity index (χ2n) is 3.61. The van der Waals surface area contributed by atoms with Crippen molar-refractivity contribution in [2.75, 3.05) is 26.7 Å². The fourth-order valence-corrected chi connectivity index (χ4v) is 1.25. The van der Waals surface area contributed by atoms with Gasteiger partial charge in [-0.1, -0.05) is 0 Å². The monoisotopic (exact) mass is 260 g/mol. The number of rotatable bonds is 1. The minimum Gasteiger partial charge on any atom is -0.342 e. The quantitative estimate of drug-likeness (QED) is 0.644. The third-order valence-corrected chi connectivity index (χ3v) is 2.37. The molecule has 0 spiro atoms. The van der Waals surface area contributed by atoms with E-state index in [1.807, 2.05) is 0 Å². The summed E-state index contributed by atoms with van der Waals surface area (Å²) < 4.78 is 61.1. The normalized spacial score (nSPS) is 18.6. The predicted octanol–water partition coefficient (Wildman–Crippen LogP) is 0.485. The molecule has 0 N–H and O–H groups in total. The van der Waals surface area contributed by atoms with Crippen LogP contribution in [0.15, 0.2) is 0 Å². The van der Waals surface area contributed by atoms with Gasteiger partial charge in [0.15, 0.2) is 0 Å². The zero-order chi connectivity index (χ0) is 13.4. The molecule has 0 unspecified atom stereocenters. The zero-order valence-corrected chi connectivity index (χ0v) is 8.72. The highest BCUT2D eigenvalue weighted by Gasteiger charge is 2.64. The molecule has 1 heterocycles. The van der Waals surface area contributed by atoms with Gasteiger partial charge in [-0.15, -0.1) is 0 Å². The van der Waals surface area contributed by atoms with Gasteiger partial charge >= 0.3 is 18.0 Å². The molecule has 0 aromatic rings. The average molecular weight is 260 g/mol. The van der Waals surface area contributed by atoms with Gasteiger partial charge in [0.05, 0.1) is 6.54 Å². The Morgan fingerprint density at radius 1 is 1.18 bits per heavy atom. The topological polar surface area (TPSA) is 40.6 Å². The maximum absolute atomic E-state index is 12.7. The first kappa shape index (κ1) is 13.7. The third-order valence-electron chi connectivity index (χ3n) is 2.37. The molecule has 1 fully saturated rings. The summed E-state index contributed by atoms with van der Waals surface area (Å²) in [7, 11) is 1.37. The molecule has 17 heavy (non-hydrogen) atoms. The second-order valence-corrected chi connectivity index (χ2v) is 3.61. The lowest BCUT2D eigenvalue weighted by Gasteiger charge is -2.34. The first-order chi connectivity index (χ1) is 7.57. The number of amides is 2.